The number of aliphatic carboxylic acids is 1. The third-order valence-electron chi connectivity index (χ3n) is 5.93. The number of carbonyl (C=O) groups is 7. The van der Waals surface area contributed by atoms with Crippen LogP contribution in [-0.2, 0) is 33.6 Å². The van der Waals surface area contributed by atoms with E-state index < -0.39 is 91.4 Å². The first-order valence-electron chi connectivity index (χ1n) is 12.7. The second-order valence-corrected chi connectivity index (χ2v) is 9.83. The van der Waals surface area contributed by atoms with Gasteiger partial charge in [-0.1, -0.05) is 13.8 Å². The van der Waals surface area contributed by atoms with Crippen LogP contribution in [0.15, 0.2) is 0 Å². The van der Waals surface area contributed by atoms with Crippen molar-refractivity contribution in [3.05, 3.63) is 0 Å². The Hall–Kier alpha value is -3.83. The molecule has 0 saturated carbocycles. The Morgan fingerprint density at radius 3 is 2.17 bits per heavy atom. The fraction of sp³-hybridized carbons (Fsp3) is 0.696. The zero-order chi connectivity index (χ0) is 30.6. The number of nitrogens with two attached hydrogens (primary N) is 2. The molecule has 1 rings (SSSR count). The van der Waals surface area contributed by atoms with Crippen LogP contribution in [0.1, 0.15) is 39.5 Å². The Bertz CT molecular complexity index is 960. The van der Waals surface area contributed by atoms with Crippen LogP contribution in [0, 0.1) is 5.92 Å². The van der Waals surface area contributed by atoms with E-state index in [1.807, 2.05) is 13.8 Å². The third-order valence-corrected chi connectivity index (χ3v) is 5.93. The summed E-state index contributed by atoms with van der Waals surface area (Å²) in [6, 6.07) is -4.93. The van der Waals surface area contributed by atoms with Crippen molar-refractivity contribution in [1.29, 1.82) is 0 Å². The summed E-state index contributed by atoms with van der Waals surface area (Å²) in [7, 11) is 0. The number of nitrogens with one attached hydrogen (secondary N) is 4. The highest BCUT2D eigenvalue weighted by Gasteiger charge is 2.40. The number of hydrogen-bond acceptors (Lipinski definition) is 10. The molecule has 0 aromatic rings. The number of carbonyl (C=O) groups excluding carboxylic acids is 6. The summed E-state index contributed by atoms with van der Waals surface area (Å²) >= 11 is 0. The average molecular weight is 574 g/mol. The van der Waals surface area contributed by atoms with E-state index in [9.17, 15) is 48.9 Å². The maximum atomic E-state index is 12.7. The molecule has 17 nitrogen and oxygen atoms in total. The lowest BCUT2D eigenvalue weighted by Crippen LogP contribution is -2.55. The molecule has 226 valence electrons. The van der Waals surface area contributed by atoms with Crippen molar-refractivity contribution in [2.24, 2.45) is 17.4 Å². The van der Waals surface area contributed by atoms with Gasteiger partial charge in [0.1, 0.15) is 18.1 Å². The van der Waals surface area contributed by atoms with Crippen LogP contribution in [0.4, 0.5) is 0 Å². The molecule has 0 aromatic carbocycles. The van der Waals surface area contributed by atoms with Gasteiger partial charge >= 0.3 is 5.97 Å². The summed E-state index contributed by atoms with van der Waals surface area (Å²) in [4.78, 5) is 85.2. The minimum absolute atomic E-state index is 0.122. The van der Waals surface area contributed by atoms with Crippen LogP contribution < -0.4 is 32.7 Å². The zero-order valence-electron chi connectivity index (χ0n) is 22.4. The SMILES string of the molecule is CC(C)C[C@H](N)C(=O)N[C@@H](CO)C(=O)NCC(=O)NCC(=O)N1C[C@H](O)C[C@H]1C(=O)N[C@@H](CCC(N)=O)C(=O)O. The molecule has 1 aliphatic heterocycles. The molecule has 0 aliphatic carbocycles. The molecule has 0 unspecified atom stereocenters. The van der Waals surface area contributed by atoms with Crippen LogP contribution in [0.5, 0.6) is 0 Å². The van der Waals surface area contributed by atoms with E-state index in [1.165, 1.54) is 0 Å². The molecule has 0 spiro atoms. The van der Waals surface area contributed by atoms with Crippen molar-refractivity contribution in [2.75, 3.05) is 26.2 Å². The van der Waals surface area contributed by atoms with E-state index in [4.69, 9.17) is 11.5 Å². The number of carboxylic acids is 1. The van der Waals surface area contributed by atoms with E-state index in [0.29, 0.717) is 6.42 Å². The molecule has 0 bridgehead atoms. The van der Waals surface area contributed by atoms with Crippen LogP contribution in [0.3, 0.4) is 0 Å². The first-order valence-corrected chi connectivity index (χ1v) is 12.7. The predicted molar refractivity (Wildman–Crippen MR) is 137 cm³/mol. The molecular weight excluding hydrogens is 534 g/mol. The van der Waals surface area contributed by atoms with Crippen molar-refractivity contribution in [1.82, 2.24) is 26.2 Å². The molecule has 1 aliphatic rings. The normalized spacial score (nSPS) is 18.8. The van der Waals surface area contributed by atoms with Gasteiger partial charge in [-0.05, 0) is 18.8 Å². The standard InChI is InChI=1S/C23H39N7O10/c1-11(2)5-13(24)20(36)29-15(10-31)21(37)27-7-18(34)26-8-19(35)30-9-12(32)6-16(30)22(38)28-14(23(39)40)3-4-17(25)33/h11-16,31-32H,3-10,24H2,1-2H3,(H2,25,33)(H,26,34)(H,27,37)(H,28,38)(H,29,36)(H,39,40)/t12-,13+,14+,15+,16+/m1/s1. The molecule has 6 amide bonds. The van der Waals surface area contributed by atoms with Gasteiger partial charge < -0.3 is 53.0 Å². The summed E-state index contributed by atoms with van der Waals surface area (Å²) in [6.45, 7) is 1.49. The summed E-state index contributed by atoms with van der Waals surface area (Å²) in [5, 5.41) is 37.7. The van der Waals surface area contributed by atoms with Gasteiger partial charge in [-0.15, -0.1) is 0 Å². The van der Waals surface area contributed by atoms with Crippen molar-refractivity contribution < 1.29 is 48.9 Å². The second kappa shape index (κ2) is 16.3. The minimum atomic E-state index is -1.45. The number of primary amides is 1. The van der Waals surface area contributed by atoms with Gasteiger partial charge in [-0.2, -0.15) is 0 Å². The maximum absolute atomic E-state index is 12.7. The quantitative estimate of drug-likeness (QED) is 0.0841. The monoisotopic (exact) mass is 573 g/mol. The van der Waals surface area contributed by atoms with Gasteiger partial charge in [0, 0.05) is 19.4 Å². The molecule has 17 heteroatoms. The van der Waals surface area contributed by atoms with Crippen LogP contribution >= 0.6 is 0 Å². The highest BCUT2D eigenvalue weighted by Crippen LogP contribution is 2.18. The van der Waals surface area contributed by atoms with Gasteiger partial charge in [-0.3, -0.25) is 28.8 Å². The predicted octanol–water partition coefficient (Wildman–Crippen LogP) is -5.13. The molecule has 1 heterocycles. The number of aliphatic hydroxyl groups excluding tert-OH is 2. The lowest BCUT2D eigenvalue weighted by molar-refractivity contribution is -0.144. The van der Waals surface area contributed by atoms with Crippen molar-refractivity contribution in [3.8, 4) is 0 Å². The molecule has 1 fully saturated rings. The highest BCUT2D eigenvalue weighted by atomic mass is 16.4. The Morgan fingerprint density at radius 1 is 0.975 bits per heavy atom. The smallest absolute Gasteiger partial charge is 0.326 e. The topological polar surface area (TPSA) is 284 Å². The Kier molecular flexibility index (Phi) is 13.9. The molecular formula is C23H39N7O10. The lowest BCUT2D eigenvalue weighted by atomic mass is 10.0. The van der Waals surface area contributed by atoms with E-state index in [0.717, 1.165) is 4.90 Å². The Balaban J connectivity index is 2.62. The van der Waals surface area contributed by atoms with Crippen molar-refractivity contribution >= 4 is 41.4 Å². The minimum Gasteiger partial charge on any atom is -0.480 e. The summed E-state index contributed by atoms with van der Waals surface area (Å²) in [6.07, 6.45) is -1.48. The number of amides is 6. The molecule has 1 saturated heterocycles. The summed E-state index contributed by atoms with van der Waals surface area (Å²) < 4.78 is 0. The second-order valence-electron chi connectivity index (χ2n) is 9.83. The third kappa shape index (κ3) is 11.5. The number of carboxylic acid groups (broad SMARTS) is 1. The highest BCUT2D eigenvalue weighted by molar-refractivity contribution is 5.94. The van der Waals surface area contributed by atoms with Crippen LogP contribution in [-0.4, -0.2) is 118 Å². The molecule has 40 heavy (non-hydrogen) atoms. The number of hydrogen-bond donors (Lipinski definition) is 9. The van der Waals surface area contributed by atoms with Crippen LogP contribution in [0.25, 0.3) is 0 Å². The van der Waals surface area contributed by atoms with Gasteiger partial charge in [-0.25, -0.2) is 4.79 Å². The number of aliphatic hydroxyl groups is 2. The summed E-state index contributed by atoms with van der Waals surface area (Å²) in [5.74, 6) is -6.00. The molecule has 5 atom stereocenters. The van der Waals surface area contributed by atoms with E-state index in [1.54, 1.807) is 0 Å². The number of rotatable bonds is 16. The Labute approximate surface area is 230 Å². The van der Waals surface area contributed by atoms with Gasteiger partial charge in [0.15, 0.2) is 0 Å². The first-order chi connectivity index (χ1) is 18.7. The fourth-order valence-corrected chi connectivity index (χ4v) is 3.87. The van der Waals surface area contributed by atoms with Gasteiger partial charge in [0.05, 0.1) is 31.8 Å². The fourth-order valence-electron chi connectivity index (χ4n) is 3.87. The Morgan fingerprint density at radius 2 is 1.62 bits per heavy atom. The zero-order valence-corrected chi connectivity index (χ0v) is 22.4. The van der Waals surface area contributed by atoms with Gasteiger partial charge in [0.2, 0.25) is 35.4 Å². The van der Waals surface area contributed by atoms with E-state index >= 15 is 0 Å². The van der Waals surface area contributed by atoms with E-state index in [2.05, 4.69) is 21.3 Å². The lowest BCUT2D eigenvalue weighted by Gasteiger charge is -2.25. The van der Waals surface area contributed by atoms with Crippen LogP contribution in [0.2, 0.25) is 0 Å². The average Bonchev–Trinajstić information content (AvgIpc) is 3.27. The number of nitrogens with zero attached hydrogens (tertiary/aromatic N) is 1. The van der Waals surface area contributed by atoms with Crippen molar-refractivity contribution in [2.45, 2.75) is 69.8 Å². The molecule has 0 radical (unpaired) electrons. The number of likely N-dealkylation sites (tertiary alicyclic amines) is 1. The first kappa shape index (κ1) is 34.2. The van der Waals surface area contributed by atoms with Crippen molar-refractivity contribution in [3.63, 3.8) is 0 Å². The largest absolute Gasteiger partial charge is 0.480 e. The number of β-amino-alcohol motifs (C(OH)–C–C–N with tert-alkyl or cyclic N) is 1. The molecule has 0 aromatic heterocycles. The molecule has 11 N–H and O–H groups in total. The van der Waals surface area contributed by atoms with E-state index in [-0.39, 0.29) is 31.7 Å². The summed E-state index contributed by atoms with van der Waals surface area (Å²) in [5.41, 5.74) is 10.8. The maximum Gasteiger partial charge on any atom is 0.326 e. The van der Waals surface area contributed by atoms with Gasteiger partial charge in [0.25, 0.3) is 0 Å².